The molecule has 6 nitrogen and oxygen atoms in total. The molecule has 5 aromatic rings. The second kappa shape index (κ2) is 9.45. The molecule has 0 spiro atoms. The quantitative estimate of drug-likeness (QED) is 0.279. The van der Waals surface area contributed by atoms with Crippen LogP contribution in [0.5, 0.6) is 0 Å². The highest BCUT2D eigenvalue weighted by atomic mass is 19.4. The molecule has 1 atom stereocenters. The van der Waals surface area contributed by atoms with Crippen molar-refractivity contribution < 1.29 is 22.7 Å². The van der Waals surface area contributed by atoms with E-state index in [9.17, 15) is 22.7 Å². The number of likely N-dealkylation sites (N-methyl/N-ethyl adjacent to an activating group) is 1. The number of halogens is 4. The largest absolute Gasteiger partial charge is 0.425 e. The molecule has 0 fully saturated rings. The molecule has 3 aromatic carbocycles. The molecule has 0 amide bonds. The van der Waals surface area contributed by atoms with E-state index in [1.54, 1.807) is 23.7 Å². The Morgan fingerprint density at radius 2 is 1.68 bits per heavy atom. The van der Waals surface area contributed by atoms with Gasteiger partial charge in [-0.2, -0.15) is 18.3 Å². The molecule has 0 saturated carbocycles. The lowest BCUT2D eigenvalue weighted by atomic mass is 9.85. The van der Waals surface area contributed by atoms with Crippen molar-refractivity contribution in [1.82, 2.24) is 19.2 Å². The van der Waals surface area contributed by atoms with Crippen LogP contribution in [0.15, 0.2) is 73.1 Å². The number of aliphatic hydroxyl groups is 1. The zero-order chi connectivity index (χ0) is 27.2. The highest BCUT2D eigenvalue weighted by Gasteiger charge is 2.57. The molecular weight excluding hydrogens is 498 g/mol. The number of rotatable bonds is 7. The van der Waals surface area contributed by atoms with Crippen LogP contribution < -0.4 is 5.32 Å². The molecule has 0 aliphatic carbocycles. The summed E-state index contributed by atoms with van der Waals surface area (Å²) < 4.78 is 60.8. The second-order valence-corrected chi connectivity index (χ2v) is 9.63. The third-order valence-electron chi connectivity index (χ3n) is 6.73. The van der Waals surface area contributed by atoms with Crippen molar-refractivity contribution in [1.29, 1.82) is 0 Å². The maximum absolute atomic E-state index is 14.8. The van der Waals surface area contributed by atoms with Crippen molar-refractivity contribution in [3.63, 3.8) is 0 Å². The van der Waals surface area contributed by atoms with E-state index in [0.717, 1.165) is 6.54 Å². The van der Waals surface area contributed by atoms with Gasteiger partial charge in [-0.3, -0.25) is 0 Å². The molecule has 38 heavy (non-hydrogen) atoms. The number of nitrogens with one attached hydrogen (secondary N) is 1. The van der Waals surface area contributed by atoms with Gasteiger partial charge in [0.2, 0.25) is 5.60 Å². The van der Waals surface area contributed by atoms with Crippen LogP contribution in [0.2, 0.25) is 0 Å². The average Bonchev–Trinajstić information content (AvgIpc) is 3.44. The van der Waals surface area contributed by atoms with Crippen LogP contribution in [0.4, 0.5) is 23.2 Å². The molecule has 0 radical (unpaired) electrons. The van der Waals surface area contributed by atoms with Gasteiger partial charge in [-0.15, -0.1) is 0 Å². The van der Waals surface area contributed by atoms with Crippen LogP contribution in [0.3, 0.4) is 0 Å². The zero-order valence-corrected chi connectivity index (χ0v) is 21.1. The molecule has 0 aliphatic heterocycles. The van der Waals surface area contributed by atoms with Crippen molar-refractivity contribution in [2.75, 3.05) is 32.5 Å². The molecular formula is C28H27F4N5O. The molecule has 2 N–H and O–H groups in total. The first-order valence-corrected chi connectivity index (χ1v) is 12.0. The normalized spacial score (nSPS) is 13.9. The van der Waals surface area contributed by atoms with Crippen LogP contribution in [0.1, 0.15) is 11.1 Å². The molecule has 198 valence electrons. The standard InChI is InChI=1S/C28H27F4N5O/c1-35(2)13-12-33-21-7-11-26-23(15-21)24(17-36(26)3)27(38,28(30,31)32)19-4-10-25-18(14-19)16-34-37(25)22-8-5-20(29)6-9-22/h4-11,14-17,33,38H,12-13H2,1-3H3. The highest BCUT2D eigenvalue weighted by molar-refractivity contribution is 5.89. The Morgan fingerprint density at radius 1 is 0.974 bits per heavy atom. The third kappa shape index (κ3) is 4.39. The van der Waals surface area contributed by atoms with E-state index in [4.69, 9.17) is 0 Å². The van der Waals surface area contributed by atoms with Gasteiger partial charge in [0.25, 0.3) is 0 Å². The minimum atomic E-state index is -5.02. The SMILES string of the molecule is CN(C)CCNc1ccc2c(c1)c(C(O)(c1ccc3c(cnn3-c3ccc(F)cc3)c1)C(F)(F)F)cn2C. The van der Waals surface area contributed by atoms with Gasteiger partial charge >= 0.3 is 6.18 Å². The summed E-state index contributed by atoms with van der Waals surface area (Å²) in [5.41, 5.74) is -1.56. The van der Waals surface area contributed by atoms with Crippen LogP contribution in [-0.4, -0.2) is 57.7 Å². The van der Waals surface area contributed by atoms with Gasteiger partial charge in [0.1, 0.15) is 5.82 Å². The van der Waals surface area contributed by atoms with Gasteiger partial charge in [0.05, 0.1) is 17.4 Å². The van der Waals surface area contributed by atoms with Crippen molar-refractivity contribution in [2.24, 2.45) is 7.05 Å². The summed E-state index contributed by atoms with van der Waals surface area (Å²) in [6, 6.07) is 14.9. The van der Waals surface area contributed by atoms with E-state index in [2.05, 4.69) is 10.4 Å². The summed E-state index contributed by atoms with van der Waals surface area (Å²) >= 11 is 0. The number of hydrogen-bond acceptors (Lipinski definition) is 4. The van der Waals surface area contributed by atoms with Crippen molar-refractivity contribution in [2.45, 2.75) is 11.8 Å². The Labute approximate surface area is 216 Å². The first-order chi connectivity index (χ1) is 18.0. The van der Waals surface area contributed by atoms with Crippen molar-refractivity contribution in [3.05, 3.63) is 90.0 Å². The molecule has 2 heterocycles. The summed E-state index contributed by atoms with van der Waals surface area (Å²) in [5.74, 6) is -0.408. The molecule has 2 aromatic heterocycles. The van der Waals surface area contributed by atoms with Crippen LogP contribution in [-0.2, 0) is 12.6 Å². The van der Waals surface area contributed by atoms with Gasteiger partial charge in [-0.1, -0.05) is 6.07 Å². The highest BCUT2D eigenvalue weighted by Crippen LogP contribution is 2.47. The summed E-state index contributed by atoms with van der Waals surface area (Å²) in [6.45, 7) is 1.36. The van der Waals surface area contributed by atoms with Crippen molar-refractivity contribution >= 4 is 27.5 Å². The Bertz CT molecular complexity index is 1600. The fraction of sp³-hybridized carbons (Fsp3) is 0.250. The van der Waals surface area contributed by atoms with Gasteiger partial charge in [0.15, 0.2) is 0 Å². The summed E-state index contributed by atoms with van der Waals surface area (Å²) in [4.78, 5) is 2.00. The van der Waals surface area contributed by atoms with Crippen molar-refractivity contribution in [3.8, 4) is 5.69 Å². The predicted octanol–water partition coefficient (Wildman–Crippen LogP) is 5.43. The number of alkyl halides is 3. The van der Waals surface area contributed by atoms with E-state index in [-0.39, 0.29) is 11.1 Å². The van der Waals surface area contributed by atoms with E-state index in [1.807, 2.05) is 25.1 Å². The number of aryl methyl sites for hydroxylation is 1. The fourth-order valence-corrected chi connectivity index (χ4v) is 4.73. The number of anilines is 1. The Hall–Kier alpha value is -3.89. The monoisotopic (exact) mass is 525 g/mol. The summed E-state index contributed by atoms with van der Waals surface area (Å²) in [5, 5.41) is 19.7. The van der Waals surface area contributed by atoms with Crippen LogP contribution >= 0.6 is 0 Å². The Morgan fingerprint density at radius 3 is 2.37 bits per heavy atom. The number of nitrogens with zero attached hydrogens (tertiary/aromatic N) is 4. The number of aromatic nitrogens is 3. The molecule has 0 aliphatic rings. The maximum atomic E-state index is 14.8. The van der Waals surface area contributed by atoms with E-state index in [1.165, 1.54) is 59.5 Å². The molecule has 10 heteroatoms. The fourth-order valence-electron chi connectivity index (χ4n) is 4.73. The van der Waals surface area contributed by atoms with Gasteiger partial charge in [-0.25, -0.2) is 9.07 Å². The third-order valence-corrected chi connectivity index (χ3v) is 6.73. The first-order valence-electron chi connectivity index (χ1n) is 12.0. The minimum absolute atomic E-state index is 0.260. The molecule has 0 bridgehead atoms. The summed E-state index contributed by atoms with van der Waals surface area (Å²) in [6.07, 6.45) is -2.26. The minimum Gasteiger partial charge on any atom is -0.384 e. The Kier molecular flexibility index (Phi) is 6.40. The zero-order valence-electron chi connectivity index (χ0n) is 21.1. The number of hydrogen-bond donors (Lipinski definition) is 2. The second-order valence-electron chi connectivity index (χ2n) is 9.63. The number of benzene rings is 3. The predicted molar refractivity (Wildman–Crippen MR) is 140 cm³/mol. The first kappa shape index (κ1) is 25.7. The summed E-state index contributed by atoms with van der Waals surface area (Å²) in [7, 11) is 5.52. The lowest BCUT2D eigenvalue weighted by Gasteiger charge is -2.31. The van der Waals surface area contributed by atoms with E-state index >= 15 is 0 Å². The van der Waals surface area contributed by atoms with Crippen LogP contribution in [0, 0.1) is 5.82 Å². The van der Waals surface area contributed by atoms with E-state index in [0.29, 0.717) is 39.7 Å². The lowest BCUT2D eigenvalue weighted by Crippen LogP contribution is -2.43. The maximum Gasteiger partial charge on any atom is 0.425 e. The molecule has 1 unspecified atom stereocenters. The Balaban J connectivity index is 1.62. The topological polar surface area (TPSA) is 58.2 Å². The smallest absolute Gasteiger partial charge is 0.384 e. The average molecular weight is 526 g/mol. The molecule has 5 rings (SSSR count). The number of fused-ring (bicyclic) bond motifs is 2. The van der Waals surface area contributed by atoms with Gasteiger partial charge in [0, 0.05) is 53.9 Å². The lowest BCUT2D eigenvalue weighted by molar-refractivity contribution is -0.247. The van der Waals surface area contributed by atoms with Gasteiger partial charge in [-0.05, 0) is 74.3 Å². The van der Waals surface area contributed by atoms with Crippen LogP contribution in [0.25, 0.3) is 27.5 Å². The van der Waals surface area contributed by atoms with Gasteiger partial charge < -0.3 is 19.9 Å². The molecule has 0 saturated heterocycles. The van der Waals surface area contributed by atoms with E-state index < -0.39 is 17.6 Å².